The number of hydrogen-bond donors (Lipinski definition) is 0. The van der Waals surface area contributed by atoms with Crippen LogP contribution in [0.5, 0.6) is 0 Å². The second-order valence-corrected chi connectivity index (χ2v) is 9.10. The SMILES string of the molecule is C/C=C\C(CCC)c1ccc(N(c2ccc(-c3ccccc3)cc2)[C@H]2C=CC(Br)=CO2)cc1. The maximum absolute atomic E-state index is 6.05. The molecular formula is C30H30BrNO. The maximum Gasteiger partial charge on any atom is 0.195 e. The van der Waals surface area contributed by atoms with E-state index in [1.807, 2.05) is 12.1 Å². The smallest absolute Gasteiger partial charge is 0.195 e. The number of nitrogens with zero attached hydrogens (tertiary/aromatic N) is 1. The van der Waals surface area contributed by atoms with E-state index in [9.17, 15) is 0 Å². The van der Waals surface area contributed by atoms with Crippen molar-refractivity contribution < 1.29 is 4.74 Å². The zero-order valence-electron chi connectivity index (χ0n) is 19.2. The fraction of sp³-hybridized carbons (Fsp3) is 0.200. The van der Waals surface area contributed by atoms with Crippen LogP contribution in [0.3, 0.4) is 0 Å². The van der Waals surface area contributed by atoms with Gasteiger partial charge in [-0.15, -0.1) is 0 Å². The number of anilines is 2. The summed E-state index contributed by atoms with van der Waals surface area (Å²) in [5.41, 5.74) is 5.95. The summed E-state index contributed by atoms with van der Waals surface area (Å²) < 4.78 is 6.98. The van der Waals surface area contributed by atoms with Crippen molar-refractivity contribution >= 4 is 27.3 Å². The van der Waals surface area contributed by atoms with Crippen LogP contribution in [0.25, 0.3) is 11.1 Å². The largest absolute Gasteiger partial charge is 0.473 e. The first-order chi connectivity index (χ1) is 16.2. The van der Waals surface area contributed by atoms with Crippen LogP contribution in [0.1, 0.15) is 38.2 Å². The van der Waals surface area contributed by atoms with Gasteiger partial charge in [-0.1, -0.05) is 80.1 Å². The number of rotatable bonds is 8. The number of hydrogen-bond acceptors (Lipinski definition) is 2. The predicted molar refractivity (Wildman–Crippen MR) is 144 cm³/mol. The van der Waals surface area contributed by atoms with Gasteiger partial charge in [0.25, 0.3) is 0 Å². The Morgan fingerprint density at radius 3 is 2.12 bits per heavy atom. The highest BCUT2D eigenvalue weighted by Crippen LogP contribution is 2.34. The molecule has 0 fully saturated rings. The molecule has 0 saturated carbocycles. The number of benzene rings is 3. The first-order valence-corrected chi connectivity index (χ1v) is 12.4. The van der Waals surface area contributed by atoms with Gasteiger partial charge in [-0.3, -0.25) is 0 Å². The van der Waals surface area contributed by atoms with E-state index in [-0.39, 0.29) is 6.23 Å². The monoisotopic (exact) mass is 499 g/mol. The molecule has 4 rings (SSSR count). The van der Waals surface area contributed by atoms with Crippen molar-refractivity contribution in [2.24, 2.45) is 0 Å². The molecule has 33 heavy (non-hydrogen) atoms. The van der Waals surface area contributed by atoms with Crippen molar-refractivity contribution in [3.8, 4) is 11.1 Å². The quantitative estimate of drug-likeness (QED) is 0.286. The highest BCUT2D eigenvalue weighted by Gasteiger charge is 2.22. The Kier molecular flexibility index (Phi) is 7.85. The maximum atomic E-state index is 6.05. The standard InChI is InChI=1S/C30H30BrNO/c1-3-8-23(9-4-2)25-12-17-28(18-13-25)32(30-21-16-27(31)22-33-30)29-19-14-26(15-20-29)24-10-6-5-7-11-24/h3,5-8,10-23,30H,4,9H2,1-2H3/b8-3-/t23?,30-/m1/s1. The number of ether oxygens (including phenoxy) is 1. The van der Waals surface area contributed by atoms with E-state index in [4.69, 9.17) is 4.74 Å². The van der Waals surface area contributed by atoms with Gasteiger partial charge in [0.15, 0.2) is 6.23 Å². The molecule has 0 radical (unpaired) electrons. The van der Waals surface area contributed by atoms with Gasteiger partial charge in [-0.25, -0.2) is 0 Å². The topological polar surface area (TPSA) is 12.5 Å². The Labute approximate surface area is 206 Å². The molecule has 0 saturated heterocycles. The minimum absolute atomic E-state index is 0.221. The molecule has 0 aliphatic carbocycles. The van der Waals surface area contributed by atoms with Crippen molar-refractivity contribution in [1.29, 1.82) is 0 Å². The lowest BCUT2D eigenvalue weighted by Crippen LogP contribution is -2.31. The number of halogens is 1. The van der Waals surface area contributed by atoms with Crippen LogP contribution in [0, 0.1) is 0 Å². The Morgan fingerprint density at radius 2 is 1.55 bits per heavy atom. The van der Waals surface area contributed by atoms with Crippen LogP contribution in [0.2, 0.25) is 0 Å². The summed E-state index contributed by atoms with van der Waals surface area (Å²) in [5.74, 6) is 0.456. The van der Waals surface area contributed by atoms with Crippen molar-refractivity contribution in [1.82, 2.24) is 0 Å². The van der Waals surface area contributed by atoms with Crippen molar-refractivity contribution in [3.05, 3.63) is 119 Å². The molecule has 0 spiro atoms. The van der Waals surface area contributed by atoms with Crippen LogP contribution >= 0.6 is 15.9 Å². The first kappa shape index (κ1) is 23.1. The summed E-state index contributed by atoms with van der Waals surface area (Å²) in [6, 6.07) is 28.1. The molecule has 0 amide bonds. The predicted octanol–water partition coefficient (Wildman–Crippen LogP) is 9.10. The summed E-state index contributed by atoms with van der Waals surface area (Å²) in [5, 5.41) is 0. The highest BCUT2D eigenvalue weighted by atomic mass is 79.9. The second-order valence-electron chi connectivity index (χ2n) is 8.18. The van der Waals surface area contributed by atoms with Gasteiger partial charge in [-0.05, 0) is 82.4 Å². The molecule has 3 heteroatoms. The van der Waals surface area contributed by atoms with E-state index >= 15 is 0 Å². The van der Waals surface area contributed by atoms with Crippen LogP contribution < -0.4 is 4.90 Å². The van der Waals surface area contributed by atoms with Crippen LogP contribution in [-0.2, 0) is 4.74 Å². The van der Waals surface area contributed by atoms with Gasteiger partial charge in [0.1, 0.15) is 6.26 Å². The zero-order chi connectivity index (χ0) is 23.0. The molecule has 1 aliphatic heterocycles. The average Bonchev–Trinajstić information content (AvgIpc) is 2.87. The summed E-state index contributed by atoms with van der Waals surface area (Å²) in [6.07, 6.45) is 12.4. The van der Waals surface area contributed by atoms with E-state index in [1.54, 1.807) is 6.26 Å². The van der Waals surface area contributed by atoms with E-state index in [1.165, 1.54) is 23.1 Å². The van der Waals surface area contributed by atoms with E-state index in [0.717, 1.165) is 22.3 Å². The molecular weight excluding hydrogens is 470 g/mol. The molecule has 3 aromatic carbocycles. The molecule has 1 heterocycles. The minimum Gasteiger partial charge on any atom is -0.473 e. The molecule has 0 N–H and O–H groups in total. The third-order valence-corrected chi connectivity index (χ3v) is 6.32. The summed E-state index contributed by atoms with van der Waals surface area (Å²) in [6.45, 7) is 4.33. The Morgan fingerprint density at radius 1 is 0.909 bits per heavy atom. The van der Waals surface area contributed by atoms with E-state index < -0.39 is 0 Å². The normalized spacial score (nSPS) is 16.3. The Hall–Kier alpha value is -3.04. The first-order valence-electron chi connectivity index (χ1n) is 11.6. The lowest BCUT2D eigenvalue weighted by atomic mass is 9.94. The zero-order valence-corrected chi connectivity index (χ0v) is 20.8. The van der Waals surface area contributed by atoms with Gasteiger partial charge in [0, 0.05) is 17.3 Å². The van der Waals surface area contributed by atoms with Crippen molar-refractivity contribution in [2.45, 2.75) is 38.8 Å². The highest BCUT2D eigenvalue weighted by molar-refractivity contribution is 9.11. The van der Waals surface area contributed by atoms with Gasteiger partial charge in [0.05, 0.1) is 4.48 Å². The molecule has 2 atom stereocenters. The number of allylic oxidation sites excluding steroid dienone is 4. The van der Waals surface area contributed by atoms with Crippen molar-refractivity contribution in [2.75, 3.05) is 4.90 Å². The molecule has 3 aromatic rings. The third kappa shape index (κ3) is 5.66. The van der Waals surface area contributed by atoms with Crippen LogP contribution in [-0.4, -0.2) is 6.23 Å². The molecule has 168 valence electrons. The van der Waals surface area contributed by atoms with E-state index in [0.29, 0.717) is 5.92 Å². The third-order valence-electron chi connectivity index (χ3n) is 5.87. The molecule has 1 unspecified atom stereocenters. The van der Waals surface area contributed by atoms with Crippen molar-refractivity contribution in [3.63, 3.8) is 0 Å². The molecule has 1 aliphatic rings. The summed E-state index contributed by atoms with van der Waals surface area (Å²) >= 11 is 3.49. The minimum atomic E-state index is -0.221. The lowest BCUT2D eigenvalue weighted by Gasteiger charge is -2.32. The molecule has 0 aromatic heterocycles. The second kappa shape index (κ2) is 11.2. The van der Waals surface area contributed by atoms with Gasteiger partial charge >= 0.3 is 0 Å². The molecule has 0 bridgehead atoms. The van der Waals surface area contributed by atoms with Gasteiger partial charge < -0.3 is 9.64 Å². The Bertz CT molecular complexity index is 1110. The van der Waals surface area contributed by atoms with E-state index in [2.05, 4.69) is 126 Å². The molecule has 2 nitrogen and oxygen atoms in total. The van der Waals surface area contributed by atoms with Gasteiger partial charge in [0.2, 0.25) is 0 Å². The van der Waals surface area contributed by atoms with Gasteiger partial charge in [-0.2, -0.15) is 0 Å². The fourth-order valence-electron chi connectivity index (χ4n) is 4.23. The van der Waals surface area contributed by atoms with Crippen LogP contribution in [0.15, 0.2) is 114 Å². The summed E-state index contributed by atoms with van der Waals surface area (Å²) in [7, 11) is 0. The summed E-state index contributed by atoms with van der Waals surface area (Å²) in [4.78, 5) is 2.23. The van der Waals surface area contributed by atoms with Crippen LogP contribution in [0.4, 0.5) is 11.4 Å². The fourth-order valence-corrected chi connectivity index (χ4v) is 4.49. The Balaban J connectivity index is 1.66. The average molecular weight is 500 g/mol. The lowest BCUT2D eigenvalue weighted by molar-refractivity contribution is 0.188.